The molecule has 2 unspecified atom stereocenters. The van der Waals surface area contributed by atoms with Crippen molar-refractivity contribution in [2.24, 2.45) is 0 Å². The number of piperazine rings is 1. The van der Waals surface area contributed by atoms with Gasteiger partial charge in [0.1, 0.15) is 29.1 Å². The number of rotatable bonds is 25. The minimum Gasteiger partial charge on any atom is -0.379 e. The number of benzene rings is 2. The second-order valence-corrected chi connectivity index (χ2v) is 16.6. The summed E-state index contributed by atoms with van der Waals surface area (Å²) in [5, 5.41) is 15.5. The van der Waals surface area contributed by atoms with Gasteiger partial charge in [0.05, 0.1) is 71.5 Å². The van der Waals surface area contributed by atoms with Crippen LogP contribution in [-0.2, 0) is 38.1 Å². The minimum atomic E-state index is -0.503. The lowest BCUT2D eigenvalue weighted by Crippen LogP contribution is -2.49. The molecule has 21 heteroatoms. The monoisotopic (exact) mass is 946 g/mol. The van der Waals surface area contributed by atoms with Crippen LogP contribution in [0, 0.1) is 11.6 Å². The molecule has 7 rings (SSSR count). The van der Waals surface area contributed by atoms with Crippen LogP contribution in [0.25, 0.3) is 5.65 Å². The molecular formula is C47H60F2N10O9. The van der Waals surface area contributed by atoms with Crippen LogP contribution < -0.4 is 31.1 Å². The summed E-state index contributed by atoms with van der Waals surface area (Å²) in [5.74, 6) is -1.46. The highest BCUT2D eigenvalue weighted by Crippen LogP contribution is 2.37. The van der Waals surface area contributed by atoms with E-state index in [0.29, 0.717) is 136 Å². The lowest BCUT2D eigenvalue weighted by atomic mass is 10.0. The molecule has 4 N–H and O–H groups in total. The van der Waals surface area contributed by atoms with E-state index in [1.165, 1.54) is 16.8 Å². The van der Waals surface area contributed by atoms with Crippen LogP contribution in [0.15, 0.2) is 60.9 Å². The molecule has 3 fully saturated rings. The normalized spacial score (nSPS) is 17.4. The summed E-state index contributed by atoms with van der Waals surface area (Å²) in [6.07, 6.45) is 6.31. The molecule has 3 aliphatic rings. The van der Waals surface area contributed by atoms with E-state index in [0.717, 1.165) is 29.9 Å². The van der Waals surface area contributed by atoms with Crippen LogP contribution in [0.1, 0.15) is 66.9 Å². The van der Waals surface area contributed by atoms with Crippen LogP contribution >= 0.6 is 0 Å². The molecule has 2 atom stereocenters. The molecule has 5 amide bonds. The number of carbonyl (C=O) groups excluding carboxylic acids is 5. The zero-order chi connectivity index (χ0) is 47.7. The van der Waals surface area contributed by atoms with Crippen molar-refractivity contribution in [2.45, 2.75) is 57.0 Å². The van der Waals surface area contributed by atoms with E-state index in [9.17, 15) is 32.8 Å². The van der Waals surface area contributed by atoms with E-state index in [-0.39, 0.29) is 59.7 Å². The van der Waals surface area contributed by atoms with Crippen molar-refractivity contribution in [3.63, 3.8) is 0 Å². The van der Waals surface area contributed by atoms with E-state index in [4.69, 9.17) is 18.9 Å². The number of nitrogens with zero attached hydrogens (tertiary/aromatic N) is 6. The number of hydrogen-bond acceptors (Lipinski definition) is 14. The van der Waals surface area contributed by atoms with Gasteiger partial charge in [-0.15, -0.1) is 0 Å². The molecule has 19 nitrogen and oxygen atoms in total. The van der Waals surface area contributed by atoms with E-state index < -0.39 is 17.7 Å². The van der Waals surface area contributed by atoms with Crippen LogP contribution in [-0.4, -0.2) is 154 Å². The van der Waals surface area contributed by atoms with Crippen LogP contribution in [0.4, 0.5) is 26.0 Å². The number of imide groups is 1. The molecule has 3 saturated heterocycles. The van der Waals surface area contributed by atoms with Gasteiger partial charge in [-0.25, -0.2) is 18.3 Å². The quantitative estimate of drug-likeness (QED) is 0.0557. The fourth-order valence-electron chi connectivity index (χ4n) is 8.27. The molecule has 0 aliphatic carbocycles. The van der Waals surface area contributed by atoms with Crippen LogP contribution in [0.5, 0.6) is 0 Å². The van der Waals surface area contributed by atoms with E-state index in [2.05, 4.69) is 36.2 Å². The molecule has 366 valence electrons. The highest BCUT2D eigenvalue weighted by atomic mass is 19.1. The highest BCUT2D eigenvalue weighted by molar-refractivity contribution is 6.01. The van der Waals surface area contributed by atoms with Crippen molar-refractivity contribution in [3.05, 3.63) is 83.7 Å². The number of amides is 5. The van der Waals surface area contributed by atoms with Gasteiger partial charge in [-0.2, -0.15) is 5.10 Å². The fraction of sp³-hybridized carbons (Fsp3) is 0.511. The first-order chi connectivity index (χ1) is 33.1. The summed E-state index contributed by atoms with van der Waals surface area (Å²) in [5.41, 5.74) is 2.74. The Labute approximate surface area is 393 Å². The number of anilines is 3. The van der Waals surface area contributed by atoms with Gasteiger partial charge in [0, 0.05) is 81.8 Å². The lowest BCUT2D eigenvalue weighted by molar-refractivity contribution is -0.134. The molecule has 0 bridgehead atoms. The third-order valence-corrected chi connectivity index (χ3v) is 11.9. The molecule has 5 heterocycles. The molecular weight excluding hydrogens is 887 g/mol. The maximum atomic E-state index is 14.6. The maximum Gasteiger partial charge on any atom is 0.256 e. The number of piperidine rings is 1. The number of hydrogen-bond donors (Lipinski definition) is 4. The standard InChI is InChI=1S/C47H60F2N10O9/c48-33-4-9-38(49)36(31-33)40-3-1-17-58(40)41-12-18-59-45(54-41)37(32-52-59)46(63)51-16-2-15-50-42(60)13-23-65-25-27-67-29-30-68-28-26-66-24-14-44(62)57-21-19-56(20-22-57)35-7-5-34(6-8-35)53-39-10-11-43(61)55-47(39)64/h4-9,12,18,31-32,39-40,53H,1-3,10-11,13-17,19-30H2,(H,50,60)(H,51,63)(H,55,61,64). The smallest absolute Gasteiger partial charge is 0.256 e. The van der Waals surface area contributed by atoms with Crippen molar-refractivity contribution in [3.8, 4) is 0 Å². The maximum absolute atomic E-state index is 14.6. The van der Waals surface area contributed by atoms with Crippen molar-refractivity contribution >= 4 is 52.4 Å². The summed E-state index contributed by atoms with van der Waals surface area (Å²) in [6, 6.07) is 12.2. The first kappa shape index (κ1) is 49.6. The molecule has 3 aliphatic heterocycles. The summed E-state index contributed by atoms with van der Waals surface area (Å²) in [6.45, 7) is 6.67. The first-order valence-corrected chi connectivity index (χ1v) is 23.3. The van der Waals surface area contributed by atoms with Crippen LogP contribution in [0.3, 0.4) is 0 Å². The van der Waals surface area contributed by atoms with Gasteiger partial charge in [-0.05, 0) is 74.2 Å². The predicted octanol–water partition coefficient (Wildman–Crippen LogP) is 3.00. The summed E-state index contributed by atoms with van der Waals surface area (Å²) >= 11 is 0. The third kappa shape index (κ3) is 14.1. The molecule has 68 heavy (non-hydrogen) atoms. The SMILES string of the molecule is O=C(CCOCCOCCOCCOCCC(=O)N1CCN(c2ccc(NC3CCC(=O)NC3=O)cc2)CC1)NCCCNC(=O)c1cnn2ccc(N3CCCC3c3cc(F)ccc3F)nc12. The lowest BCUT2D eigenvalue weighted by Gasteiger charge is -2.36. The Morgan fingerprint density at radius 1 is 0.779 bits per heavy atom. The van der Waals surface area contributed by atoms with Gasteiger partial charge in [0.15, 0.2) is 5.65 Å². The Kier molecular flexibility index (Phi) is 18.4. The molecule has 0 spiro atoms. The molecule has 2 aromatic carbocycles. The Balaban J connectivity index is 0.648. The van der Waals surface area contributed by atoms with Gasteiger partial charge in [0.2, 0.25) is 23.6 Å². The van der Waals surface area contributed by atoms with Gasteiger partial charge in [0.25, 0.3) is 5.91 Å². The minimum absolute atomic E-state index is 0.0545. The number of nitrogens with one attached hydrogen (secondary N) is 4. The number of aromatic nitrogens is 3. The van der Waals surface area contributed by atoms with E-state index in [1.54, 1.807) is 12.3 Å². The molecule has 0 saturated carbocycles. The van der Waals surface area contributed by atoms with Gasteiger partial charge >= 0.3 is 0 Å². The Bertz CT molecular complexity index is 2330. The number of ether oxygens (including phenoxy) is 4. The van der Waals surface area contributed by atoms with Gasteiger partial charge < -0.3 is 49.6 Å². The second kappa shape index (κ2) is 25.2. The largest absolute Gasteiger partial charge is 0.379 e. The molecule has 2 aromatic heterocycles. The highest BCUT2D eigenvalue weighted by Gasteiger charge is 2.31. The zero-order valence-corrected chi connectivity index (χ0v) is 38.1. The average molecular weight is 947 g/mol. The fourth-order valence-corrected chi connectivity index (χ4v) is 8.27. The Morgan fingerprint density at radius 3 is 2.19 bits per heavy atom. The van der Waals surface area contributed by atoms with Crippen molar-refractivity contribution in [2.75, 3.05) is 114 Å². The summed E-state index contributed by atoms with van der Waals surface area (Å²) in [4.78, 5) is 72.1. The van der Waals surface area contributed by atoms with Crippen molar-refractivity contribution in [1.29, 1.82) is 0 Å². The van der Waals surface area contributed by atoms with Gasteiger partial charge in [-0.1, -0.05) is 0 Å². The average Bonchev–Trinajstić information content (AvgIpc) is 4.01. The first-order valence-electron chi connectivity index (χ1n) is 23.3. The molecule has 4 aromatic rings. The number of carbonyl (C=O) groups is 5. The van der Waals surface area contributed by atoms with Crippen LogP contribution in [0.2, 0.25) is 0 Å². The zero-order valence-electron chi connectivity index (χ0n) is 38.1. The Morgan fingerprint density at radius 2 is 1.47 bits per heavy atom. The van der Waals surface area contributed by atoms with Crippen molar-refractivity contribution < 1.29 is 51.7 Å². The topological polar surface area (TPSA) is 210 Å². The van der Waals surface area contributed by atoms with Crippen molar-refractivity contribution in [1.82, 2.24) is 35.4 Å². The second-order valence-electron chi connectivity index (χ2n) is 16.6. The summed E-state index contributed by atoms with van der Waals surface area (Å²) in [7, 11) is 0. The summed E-state index contributed by atoms with van der Waals surface area (Å²) < 4.78 is 52.3. The predicted molar refractivity (Wildman–Crippen MR) is 246 cm³/mol. The van der Waals surface area contributed by atoms with E-state index in [1.807, 2.05) is 34.1 Å². The third-order valence-electron chi connectivity index (χ3n) is 11.9. The number of halogens is 2. The van der Waals surface area contributed by atoms with Gasteiger partial charge in [-0.3, -0.25) is 29.3 Å². The van der Waals surface area contributed by atoms with E-state index >= 15 is 0 Å². The Hall–Kier alpha value is -6.29. The molecule has 0 radical (unpaired) electrons. The number of fused-ring (bicyclic) bond motifs is 1.